The second kappa shape index (κ2) is 5.14. The molecule has 0 radical (unpaired) electrons. The van der Waals surface area contributed by atoms with Crippen molar-refractivity contribution in [3.8, 4) is 0 Å². The average molecular weight is 256 g/mol. The largest absolute Gasteiger partial charge is 0.384 e. The fourth-order valence-corrected chi connectivity index (χ4v) is 2.41. The highest BCUT2D eigenvalue weighted by molar-refractivity contribution is 5.78. The van der Waals surface area contributed by atoms with E-state index in [2.05, 4.69) is 33.0 Å². The first-order chi connectivity index (χ1) is 9.33. The first-order valence-corrected chi connectivity index (χ1v) is 6.40. The molecule has 5 heteroatoms. The van der Waals surface area contributed by atoms with E-state index < -0.39 is 0 Å². The second-order valence-electron chi connectivity index (χ2n) is 4.75. The van der Waals surface area contributed by atoms with Crippen molar-refractivity contribution in [1.82, 2.24) is 15.5 Å². The minimum absolute atomic E-state index is 0.0738. The molecule has 5 nitrogen and oxygen atoms in total. The third-order valence-corrected chi connectivity index (χ3v) is 3.42. The van der Waals surface area contributed by atoms with E-state index in [0.29, 0.717) is 13.0 Å². The molecule has 1 atom stereocenters. The van der Waals surface area contributed by atoms with Gasteiger partial charge >= 0.3 is 0 Å². The topological polar surface area (TPSA) is 69.8 Å². The van der Waals surface area contributed by atoms with Gasteiger partial charge in [-0.25, -0.2) is 0 Å². The molecule has 1 aromatic carbocycles. The maximum absolute atomic E-state index is 11.9. The first kappa shape index (κ1) is 11.8. The Morgan fingerprint density at radius 2 is 2.32 bits per heavy atom. The van der Waals surface area contributed by atoms with Crippen molar-refractivity contribution in [3.63, 3.8) is 0 Å². The summed E-state index contributed by atoms with van der Waals surface area (Å²) in [5, 5.41) is 12.8. The van der Waals surface area contributed by atoms with E-state index in [1.165, 1.54) is 5.56 Å². The van der Waals surface area contributed by atoms with Gasteiger partial charge in [-0.2, -0.15) is 5.10 Å². The van der Waals surface area contributed by atoms with Crippen LogP contribution in [0.25, 0.3) is 0 Å². The number of benzene rings is 1. The van der Waals surface area contributed by atoms with Gasteiger partial charge in [0, 0.05) is 42.9 Å². The number of para-hydroxylation sites is 1. The average Bonchev–Trinajstić information content (AvgIpc) is 3.07. The molecule has 1 unspecified atom stereocenters. The number of nitrogens with one attached hydrogen (secondary N) is 3. The van der Waals surface area contributed by atoms with Crippen molar-refractivity contribution in [2.45, 2.75) is 18.9 Å². The number of aromatic amines is 1. The maximum Gasteiger partial charge on any atom is 0.220 e. The fourth-order valence-electron chi connectivity index (χ4n) is 2.41. The quantitative estimate of drug-likeness (QED) is 0.778. The summed E-state index contributed by atoms with van der Waals surface area (Å²) in [5.74, 6) is 0.338. The number of amides is 1. The molecule has 1 aromatic heterocycles. The van der Waals surface area contributed by atoms with Gasteiger partial charge in [0.15, 0.2) is 0 Å². The van der Waals surface area contributed by atoms with Crippen LogP contribution in [0.15, 0.2) is 36.7 Å². The smallest absolute Gasteiger partial charge is 0.220 e. The van der Waals surface area contributed by atoms with Gasteiger partial charge in [0.2, 0.25) is 5.91 Å². The van der Waals surface area contributed by atoms with Crippen LogP contribution in [0.3, 0.4) is 0 Å². The predicted octanol–water partition coefficient (Wildman–Crippen LogP) is 1.63. The normalized spacial score (nSPS) is 16.7. The fraction of sp³-hybridized carbons (Fsp3) is 0.286. The lowest BCUT2D eigenvalue weighted by atomic mass is 9.97. The van der Waals surface area contributed by atoms with Gasteiger partial charge in [0.1, 0.15) is 0 Å². The number of carbonyl (C=O) groups excluding carboxylic acids is 1. The number of anilines is 1. The molecule has 0 aliphatic carbocycles. The molecule has 3 N–H and O–H groups in total. The molecule has 1 aliphatic heterocycles. The lowest BCUT2D eigenvalue weighted by Gasteiger charge is -2.10. The third-order valence-electron chi connectivity index (χ3n) is 3.42. The zero-order valence-electron chi connectivity index (χ0n) is 10.5. The van der Waals surface area contributed by atoms with Gasteiger partial charge in [0.25, 0.3) is 0 Å². The van der Waals surface area contributed by atoms with E-state index in [4.69, 9.17) is 0 Å². The Bertz CT molecular complexity index is 565. The highest BCUT2D eigenvalue weighted by Gasteiger charge is 2.23. The van der Waals surface area contributed by atoms with Crippen LogP contribution in [-0.4, -0.2) is 22.6 Å². The number of hydrogen-bond acceptors (Lipinski definition) is 3. The highest BCUT2D eigenvalue weighted by Crippen LogP contribution is 2.32. The van der Waals surface area contributed by atoms with Crippen molar-refractivity contribution in [3.05, 3.63) is 47.8 Å². The molecule has 0 fully saturated rings. The van der Waals surface area contributed by atoms with Gasteiger partial charge < -0.3 is 10.6 Å². The minimum Gasteiger partial charge on any atom is -0.384 e. The maximum atomic E-state index is 11.9. The molecule has 2 heterocycles. The van der Waals surface area contributed by atoms with Crippen LogP contribution in [0.2, 0.25) is 0 Å². The van der Waals surface area contributed by atoms with Crippen LogP contribution in [0.4, 0.5) is 5.69 Å². The summed E-state index contributed by atoms with van der Waals surface area (Å²) >= 11 is 0. The van der Waals surface area contributed by atoms with Crippen LogP contribution in [0.1, 0.15) is 23.5 Å². The molecule has 19 heavy (non-hydrogen) atoms. The van der Waals surface area contributed by atoms with Gasteiger partial charge in [-0.05, 0) is 11.6 Å². The summed E-state index contributed by atoms with van der Waals surface area (Å²) in [6, 6.07) is 8.16. The van der Waals surface area contributed by atoms with E-state index in [-0.39, 0.29) is 11.8 Å². The lowest BCUT2D eigenvalue weighted by Crippen LogP contribution is -2.24. The highest BCUT2D eigenvalue weighted by atomic mass is 16.1. The van der Waals surface area contributed by atoms with Crippen LogP contribution in [0.5, 0.6) is 0 Å². The number of rotatable bonds is 4. The Kier molecular flexibility index (Phi) is 3.18. The number of carbonyl (C=O) groups is 1. The van der Waals surface area contributed by atoms with Gasteiger partial charge in [-0.15, -0.1) is 0 Å². The van der Waals surface area contributed by atoms with Crippen molar-refractivity contribution in [2.24, 2.45) is 0 Å². The van der Waals surface area contributed by atoms with E-state index in [9.17, 15) is 4.79 Å². The third kappa shape index (κ3) is 2.59. The van der Waals surface area contributed by atoms with Crippen LogP contribution in [0, 0.1) is 0 Å². The summed E-state index contributed by atoms with van der Waals surface area (Å²) < 4.78 is 0. The second-order valence-corrected chi connectivity index (χ2v) is 4.75. The number of fused-ring (bicyclic) bond motifs is 1. The van der Waals surface area contributed by atoms with Gasteiger partial charge in [0.05, 0.1) is 6.20 Å². The zero-order valence-corrected chi connectivity index (χ0v) is 10.5. The van der Waals surface area contributed by atoms with Gasteiger partial charge in [-0.3, -0.25) is 9.89 Å². The van der Waals surface area contributed by atoms with Crippen molar-refractivity contribution in [2.75, 3.05) is 11.9 Å². The molecule has 0 bridgehead atoms. The molecule has 3 rings (SSSR count). The number of nitrogens with zero attached hydrogens (tertiary/aromatic N) is 1. The van der Waals surface area contributed by atoms with Crippen LogP contribution in [-0.2, 0) is 11.3 Å². The SMILES string of the molecule is O=C(CC1CNc2ccccc21)NCc1cn[nH]c1. The lowest BCUT2D eigenvalue weighted by molar-refractivity contribution is -0.121. The summed E-state index contributed by atoms with van der Waals surface area (Å²) in [5.41, 5.74) is 3.37. The predicted molar refractivity (Wildman–Crippen MR) is 72.7 cm³/mol. The molecule has 0 spiro atoms. The molecule has 2 aromatic rings. The van der Waals surface area contributed by atoms with Crippen molar-refractivity contribution < 1.29 is 4.79 Å². The molecule has 0 saturated heterocycles. The van der Waals surface area contributed by atoms with E-state index in [1.807, 2.05) is 12.1 Å². The van der Waals surface area contributed by atoms with E-state index in [0.717, 1.165) is 17.8 Å². The number of H-pyrrole nitrogens is 1. The first-order valence-electron chi connectivity index (χ1n) is 6.40. The molecule has 0 saturated carbocycles. The summed E-state index contributed by atoms with van der Waals surface area (Å²) in [7, 11) is 0. The van der Waals surface area contributed by atoms with E-state index >= 15 is 0 Å². The minimum atomic E-state index is 0.0738. The molecular formula is C14H16N4O. The standard InChI is InChI=1S/C14H16N4O/c19-14(16-6-10-7-17-18-8-10)5-11-9-15-13-4-2-1-3-12(11)13/h1-4,7-8,11,15H,5-6,9H2,(H,16,19)(H,17,18). The Hall–Kier alpha value is -2.30. The zero-order chi connectivity index (χ0) is 13.1. The van der Waals surface area contributed by atoms with Gasteiger partial charge in [-0.1, -0.05) is 18.2 Å². The van der Waals surface area contributed by atoms with Crippen LogP contribution >= 0.6 is 0 Å². The summed E-state index contributed by atoms with van der Waals surface area (Å²) in [6.45, 7) is 1.36. The summed E-state index contributed by atoms with van der Waals surface area (Å²) in [6.07, 6.45) is 4.02. The Balaban J connectivity index is 1.56. The monoisotopic (exact) mass is 256 g/mol. The van der Waals surface area contributed by atoms with Crippen molar-refractivity contribution >= 4 is 11.6 Å². The Labute approximate surface area is 111 Å². The molecule has 1 amide bonds. The molecule has 98 valence electrons. The number of hydrogen-bond donors (Lipinski definition) is 3. The van der Waals surface area contributed by atoms with Crippen LogP contribution < -0.4 is 10.6 Å². The number of aromatic nitrogens is 2. The molecule has 1 aliphatic rings. The van der Waals surface area contributed by atoms with Crippen molar-refractivity contribution in [1.29, 1.82) is 0 Å². The summed E-state index contributed by atoms with van der Waals surface area (Å²) in [4.78, 5) is 11.9. The Morgan fingerprint density at radius 1 is 1.42 bits per heavy atom. The van der Waals surface area contributed by atoms with E-state index in [1.54, 1.807) is 12.4 Å². The Morgan fingerprint density at radius 3 is 3.16 bits per heavy atom. The molecular weight excluding hydrogens is 240 g/mol.